The van der Waals surface area contributed by atoms with Gasteiger partial charge in [0.15, 0.2) is 0 Å². The topological polar surface area (TPSA) is 62.3 Å². The quantitative estimate of drug-likeness (QED) is 0.463. The molecule has 3 N–H and O–H groups in total. The number of halogens is 2. The maximum atomic E-state index is 13.8. The Hall–Kier alpha value is -1.69. The number of benzene rings is 1. The number of likely N-dealkylation sites (N-methyl/N-ethyl adjacent to an activating group) is 1. The van der Waals surface area contributed by atoms with Gasteiger partial charge in [0.05, 0.1) is 6.61 Å². The summed E-state index contributed by atoms with van der Waals surface area (Å²) < 4.78 is 32.6. The van der Waals surface area contributed by atoms with E-state index in [4.69, 9.17) is 15.9 Å². The van der Waals surface area contributed by atoms with Gasteiger partial charge >= 0.3 is 0 Å². The summed E-state index contributed by atoms with van der Waals surface area (Å²) in [6.45, 7) is 3.17. The van der Waals surface area contributed by atoms with E-state index in [9.17, 15) is 8.78 Å². The van der Waals surface area contributed by atoms with Crippen LogP contribution in [0.4, 0.5) is 14.5 Å². The molecular formula is C12H17F2N3O. The molecule has 4 nitrogen and oxygen atoms in total. The summed E-state index contributed by atoms with van der Waals surface area (Å²) in [7, 11) is 1.58. The van der Waals surface area contributed by atoms with Gasteiger partial charge in [0.25, 0.3) is 0 Å². The lowest BCUT2D eigenvalue weighted by Gasteiger charge is -2.20. The van der Waals surface area contributed by atoms with Gasteiger partial charge in [-0.3, -0.25) is 5.41 Å². The fourth-order valence-electron chi connectivity index (χ4n) is 1.54. The lowest BCUT2D eigenvalue weighted by molar-refractivity contribution is 0.154. The van der Waals surface area contributed by atoms with E-state index in [0.717, 1.165) is 12.1 Å². The molecule has 0 fully saturated rings. The van der Waals surface area contributed by atoms with Gasteiger partial charge in [-0.1, -0.05) is 0 Å². The van der Waals surface area contributed by atoms with Crippen LogP contribution in [0.1, 0.15) is 12.5 Å². The predicted molar refractivity (Wildman–Crippen MR) is 67.1 cm³/mol. The average Bonchev–Trinajstić information content (AvgIpc) is 2.28. The number of ether oxygens (including phenoxy) is 1. The van der Waals surface area contributed by atoms with Gasteiger partial charge in [0, 0.05) is 25.8 Å². The smallest absolute Gasteiger partial charge is 0.150 e. The highest BCUT2D eigenvalue weighted by Crippen LogP contribution is 2.23. The van der Waals surface area contributed by atoms with E-state index in [-0.39, 0.29) is 17.1 Å². The van der Waals surface area contributed by atoms with Crippen molar-refractivity contribution < 1.29 is 13.5 Å². The molecule has 0 unspecified atom stereocenters. The first-order valence-electron chi connectivity index (χ1n) is 5.59. The van der Waals surface area contributed by atoms with Crippen molar-refractivity contribution in [1.29, 1.82) is 5.41 Å². The minimum absolute atomic E-state index is 0.0342. The van der Waals surface area contributed by atoms with Crippen molar-refractivity contribution in [3.63, 3.8) is 0 Å². The van der Waals surface area contributed by atoms with Gasteiger partial charge < -0.3 is 15.4 Å². The van der Waals surface area contributed by atoms with Crippen molar-refractivity contribution in [3.8, 4) is 0 Å². The van der Waals surface area contributed by atoms with E-state index in [2.05, 4.69) is 0 Å². The zero-order valence-electron chi connectivity index (χ0n) is 10.5. The van der Waals surface area contributed by atoms with Crippen LogP contribution < -0.4 is 10.6 Å². The highest BCUT2D eigenvalue weighted by atomic mass is 19.1. The molecule has 0 aliphatic rings. The van der Waals surface area contributed by atoms with Crippen LogP contribution in [0.15, 0.2) is 12.1 Å². The molecule has 0 aromatic heterocycles. The molecule has 0 bridgehead atoms. The van der Waals surface area contributed by atoms with Crippen LogP contribution in [0.3, 0.4) is 0 Å². The highest BCUT2D eigenvalue weighted by Gasteiger charge is 2.16. The van der Waals surface area contributed by atoms with Gasteiger partial charge in [0.2, 0.25) is 0 Å². The Bertz CT molecular complexity index is 414. The largest absolute Gasteiger partial charge is 0.384 e. The van der Waals surface area contributed by atoms with Crippen LogP contribution in [0.5, 0.6) is 0 Å². The lowest BCUT2D eigenvalue weighted by Crippen LogP contribution is -2.25. The summed E-state index contributed by atoms with van der Waals surface area (Å²) >= 11 is 0. The highest BCUT2D eigenvalue weighted by molar-refractivity contribution is 5.95. The molecule has 1 aromatic rings. The maximum absolute atomic E-state index is 13.8. The number of nitrogens with two attached hydrogens (primary N) is 1. The van der Waals surface area contributed by atoms with Crippen molar-refractivity contribution in [2.45, 2.75) is 6.92 Å². The predicted octanol–water partition coefficient (Wildman–Crippen LogP) is 1.72. The second-order valence-electron chi connectivity index (χ2n) is 3.82. The lowest BCUT2D eigenvalue weighted by atomic mass is 10.1. The number of nitrogens with one attached hydrogen (secondary N) is 1. The van der Waals surface area contributed by atoms with Crippen molar-refractivity contribution in [2.75, 3.05) is 31.7 Å². The number of hydrogen-bond donors (Lipinski definition) is 2. The fourth-order valence-corrected chi connectivity index (χ4v) is 1.54. The average molecular weight is 257 g/mol. The van der Waals surface area contributed by atoms with E-state index in [0.29, 0.717) is 19.8 Å². The SMILES string of the molecule is CCOCCN(C)c1c(F)cc(C(=N)N)cc1F. The van der Waals surface area contributed by atoms with Crippen LogP contribution in [0.2, 0.25) is 0 Å². The number of hydrogen-bond acceptors (Lipinski definition) is 3. The molecular weight excluding hydrogens is 240 g/mol. The normalized spacial score (nSPS) is 10.4. The van der Waals surface area contributed by atoms with Crippen molar-refractivity contribution in [1.82, 2.24) is 0 Å². The van der Waals surface area contributed by atoms with Crippen LogP contribution in [-0.4, -0.2) is 32.6 Å². The molecule has 0 heterocycles. The third-order valence-corrected chi connectivity index (χ3v) is 2.48. The molecule has 0 atom stereocenters. The number of amidine groups is 1. The molecule has 18 heavy (non-hydrogen) atoms. The van der Waals surface area contributed by atoms with Crippen molar-refractivity contribution in [3.05, 3.63) is 29.3 Å². The summed E-state index contributed by atoms with van der Waals surface area (Å²) in [6.07, 6.45) is 0. The molecule has 0 aliphatic heterocycles. The number of rotatable bonds is 6. The Labute approximate surface area is 105 Å². The van der Waals surface area contributed by atoms with Crippen molar-refractivity contribution in [2.24, 2.45) is 5.73 Å². The minimum Gasteiger partial charge on any atom is -0.384 e. The number of nitrogen functional groups attached to an aromatic ring is 1. The standard InChI is InChI=1S/C12H17F2N3O/c1-3-18-5-4-17(2)11-9(13)6-8(12(15)16)7-10(11)14/h6-7H,3-5H2,1-2H3,(H3,15,16). The zero-order chi connectivity index (χ0) is 13.7. The minimum atomic E-state index is -0.737. The van der Waals surface area contributed by atoms with Gasteiger partial charge in [-0.25, -0.2) is 8.78 Å². The van der Waals surface area contributed by atoms with E-state index in [1.54, 1.807) is 7.05 Å². The van der Waals surface area contributed by atoms with Crippen LogP contribution in [0.25, 0.3) is 0 Å². The van der Waals surface area contributed by atoms with Crippen LogP contribution >= 0.6 is 0 Å². The molecule has 100 valence electrons. The molecule has 0 aliphatic carbocycles. The maximum Gasteiger partial charge on any atom is 0.150 e. The molecule has 0 saturated heterocycles. The van der Waals surface area contributed by atoms with E-state index >= 15 is 0 Å². The summed E-state index contributed by atoms with van der Waals surface area (Å²) in [5.74, 6) is -1.84. The second-order valence-corrected chi connectivity index (χ2v) is 3.82. The van der Waals surface area contributed by atoms with Gasteiger partial charge in [-0.2, -0.15) is 0 Å². The van der Waals surface area contributed by atoms with Crippen molar-refractivity contribution >= 4 is 11.5 Å². The first-order valence-corrected chi connectivity index (χ1v) is 5.59. The molecule has 1 aromatic carbocycles. The first kappa shape index (κ1) is 14.4. The summed E-state index contributed by atoms with van der Waals surface area (Å²) in [6, 6.07) is 2.11. The molecule has 1 rings (SSSR count). The molecule has 6 heteroatoms. The molecule has 0 radical (unpaired) electrons. The van der Waals surface area contributed by atoms with Gasteiger partial charge in [-0.05, 0) is 19.1 Å². The van der Waals surface area contributed by atoms with E-state index < -0.39 is 11.6 Å². The second kappa shape index (κ2) is 6.30. The monoisotopic (exact) mass is 257 g/mol. The number of anilines is 1. The Morgan fingerprint density at radius 1 is 1.39 bits per heavy atom. The molecule has 0 spiro atoms. The Kier molecular flexibility index (Phi) is 5.03. The van der Waals surface area contributed by atoms with E-state index in [1.165, 1.54) is 4.90 Å². The Balaban J connectivity index is 2.92. The summed E-state index contributed by atoms with van der Waals surface area (Å²) in [5.41, 5.74) is 5.09. The summed E-state index contributed by atoms with van der Waals surface area (Å²) in [4.78, 5) is 1.43. The zero-order valence-corrected chi connectivity index (χ0v) is 10.5. The third-order valence-electron chi connectivity index (χ3n) is 2.48. The fraction of sp³-hybridized carbons (Fsp3) is 0.417. The molecule has 0 amide bonds. The Morgan fingerprint density at radius 3 is 2.39 bits per heavy atom. The van der Waals surface area contributed by atoms with Gasteiger partial charge in [-0.15, -0.1) is 0 Å². The molecule has 0 saturated carbocycles. The van der Waals surface area contributed by atoms with Gasteiger partial charge in [0.1, 0.15) is 23.2 Å². The van der Waals surface area contributed by atoms with Crippen LogP contribution in [0, 0.1) is 17.0 Å². The van der Waals surface area contributed by atoms with Crippen LogP contribution in [-0.2, 0) is 4.74 Å². The Morgan fingerprint density at radius 2 is 1.94 bits per heavy atom. The first-order chi connectivity index (χ1) is 8.47. The third kappa shape index (κ3) is 3.40. The number of nitrogens with zero attached hydrogens (tertiary/aromatic N) is 1. The van der Waals surface area contributed by atoms with E-state index in [1.807, 2.05) is 6.92 Å². The summed E-state index contributed by atoms with van der Waals surface area (Å²) in [5, 5.41) is 7.15.